The second-order valence-corrected chi connectivity index (χ2v) is 5.84. The Morgan fingerprint density at radius 1 is 1.35 bits per heavy atom. The zero-order valence-electron chi connectivity index (χ0n) is 14.0. The maximum Gasteiger partial charge on any atom is 0.265 e. The van der Waals surface area contributed by atoms with Crippen LogP contribution in [-0.4, -0.2) is 15.0 Å². The van der Waals surface area contributed by atoms with Gasteiger partial charge >= 0.3 is 0 Å². The van der Waals surface area contributed by atoms with Crippen LogP contribution in [0.4, 0.5) is 22.9 Å². The second-order valence-electron chi connectivity index (χ2n) is 5.22. The molecule has 1 amide bonds. The molecule has 0 bridgehead atoms. The number of nitroso groups, excluding NO2 is 1. The molecule has 0 atom stereocenters. The lowest BCUT2D eigenvalue weighted by Crippen LogP contribution is -2.30. The van der Waals surface area contributed by atoms with E-state index in [9.17, 15) is 19.0 Å². The van der Waals surface area contributed by atoms with E-state index in [0.29, 0.717) is 22.6 Å². The van der Waals surface area contributed by atoms with Crippen molar-refractivity contribution in [2.45, 2.75) is 18.2 Å². The Labute approximate surface area is 152 Å². The average molecular weight is 376 g/mol. The normalized spacial score (nSPS) is 11.0. The number of benzene rings is 1. The number of primary amides is 1. The molecule has 0 unspecified atom stereocenters. The highest BCUT2D eigenvalue weighted by molar-refractivity contribution is 7.94. The number of aromatic nitrogens is 1. The van der Waals surface area contributed by atoms with Crippen LogP contribution in [0.2, 0.25) is 0 Å². The van der Waals surface area contributed by atoms with Gasteiger partial charge in [-0.15, -0.1) is 15.1 Å². The zero-order valence-corrected chi connectivity index (χ0v) is 14.8. The minimum atomic E-state index is -0.938. The first kappa shape index (κ1) is 19.3. The standard InChI is InChI=1S/C15H16N6O4S/c1-3-8-11(13(17)22)15(23)21(2)14(20-24)12(8)19-18-9-6-7(16)4-5-10(9)26-25/h4-6,25H,3,16H2,1-2H3,(H2,17,22). The number of pyridine rings is 1. The van der Waals surface area contributed by atoms with Crippen LogP contribution >= 0.6 is 12.0 Å². The fourth-order valence-electron chi connectivity index (χ4n) is 2.41. The summed E-state index contributed by atoms with van der Waals surface area (Å²) < 4.78 is 10.2. The predicted octanol–water partition coefficient (Wildman–Crippen LogP) is 3.01. The summed E-state index contributed by atoms with van der Waals surface area (Å²) in [6.45, 7) is 1.67. The molecule has 2 aromatic rings. The van der Waals surface area contributed by atoms with E-state index < -0.39 is 11.5 Å². The number of nitrogens with two attached hydrogens (primary N) is 2. The zero-order chi connectivity index (χ0) is 19.4. The molecule has 0 fully saturated rings. The molecular formula is C15H16N6O4S. The average Bonchev–Trinajstić information content (AvgIpc) is 2.61. The van der Waals surface area contributed by atoms with Crippen LogP contribution in [0.3, 0.4) is 0 Å². The molecule has 26 heavy (non-hydrogen) atoms. The van der Waals surface area contributed by atoms with Gasteiger partial charge in [0, 0.05) is 30.3 Å². The van der Waals surface area contributed by atoms with Gasteiger partial charge in [0.25, 0.3) is 11.5 Å². The third-order valence-electron chi connectivity index (χ3n) is 3.66. The van der Waals surface area contributed by atoms with Crippen molar-refractivity contribution in [2.24, 2.45) is 28.2 Å². The lowest BCUT2D eigenvalue weighted by Gasteiger charge is -2.12. The van der Waals surface area contributed by atoms with Gasteiger partial charge < -0.3 is 16.0 Å². The monoisotopic (exact) mass is 376 g/mol. The van der Waals surface area contributed by atoms with Crippen LogP contribution in [0.25, 0.3) is 0 Å². The van der Waals surface area contributed by atoms with E-state index in [4.69, 9.17) is 11.5 Å². The Kier molecular flexibility index (Phi) is 5.85. The lowest BCUT2D eigenvalue weighted by molar-refractivity contribution is 0.0997. The number of anilines is 1. The van der Waals surface area contributed by atoms with Gasteiger partial charge in [-0.3, -0.25) is 14.2 Å². The molecule has 0 radical (unpaired) electrons. The van der Waals surface area contributed by atoms with Crippen LogP contribution in [0.5, 0.6) is 0 Å². The first-order chi connectivity index (χ1) is 12.3. The molecule has 0 saturated carbocycles. The summed E-state index contributed by atoms with van der Waals surface area (Å²) in [7, 11) is 1.28. The van der Waals surface area contributed by atoms with E-state index in [1.807, 2.05) is 0 Å². The second kappa shape index (κ2) is 7.89. The summed E-state index contributed by atoms with van der Waals surface area (Å²) in [6, 6.07) is 4.59. The van der Waals surface area contributed by atoms with Gasteiger partial charge in [0.15, 0.2) is 0 Å². The summed E-state index contributed by atoms with van der Waals surface area (Å²) in [4.78, 5) is 35.6. The Balaban J connectivity index is 2.77. The fraction of sp³-hybridized carbons (Fsp3) is 0.200. The van der Waals surface area contributed by atoms with Crippen molar-refractivity contribution in [2.75, 3.05) is 5.73 Å². The molecule has 0 spiro atoms. The van der Waals surface area contributed by atoms with E-state index in [0.717, 1.165) is 4.57 Å². The largest absolute Gasteiger partial charge is 0.399 e. The molecule has 1 aromatic carbocycles. The molecule has 11 heteroatoms. The van der Waals surface area contributed by atoms with E-state index in [1.54, 1.807) is 19.1 Å². The molecule has 5 N–H and O–H groups in total. The van der Waals surface area contributed by atoms with Gasteiger partial charge in [-0.1, -0.05) is 6.92 Å². The van der Waals surface area contributed by atoms with E-state index >= 15 is 0 Å². The van der Waals surface area contributed by atoms with Crippen LogP contribution < -0.4 is 17.0 Å². The quantitative estimate of drug-likeness (QED) is 0.303. The van der Waals surface area contributed by atoms with Gasteiger partial charge in [-0.25, -0.2) is 0 Å². The Hall–Kier alpha value is -3.05. The van der Waals surface area contributed by atoms with Gasteiger partial charge in [0.05, 0.1) is 4.90 Å². The highest BCUT2D eigenvalue weighted by Crippen LogP contribution is 2.36. The fourth-order valence-corrected chi connectivity index (χ4v) is 2.73. The maximum atomic E-state index is 12.3. The predicted molar refractivity (Wildman–Crippen MR) is 98.6 cm³/mol. The number of hydrogen-bond donors (Lipinski definition) is 3. The van der Waals surface area contributed by atoms with E-state index in [-0.39, 0.29) is 34.7 Å². The number of carbonyl (C=O) groups excluding carboxylic acids is 1. The van der Waals surface area contributed by atoms with Gasteiger partial charge in [-0.2, -0.15) is 0 Å². The van der Waals surface area contributed by atoms with Crippen molar-refractivity contribution in [1.82, 2.24) is 4.57 Å². The van der Waals surface area contributed by atoms with Gasteiger partial charge in [0.1, 0.15) is 16.9 Å². The van der Waals surface area contributed by atoms with Gasteiger partial charge in [0.2, 0.25) is 5.82 Å². The number of rotatable bonds is 6. The third kappa shape index (κ3) is 3.48. The third-order valence-corrected chi connectivity index (χ3v) is 4.20. The number of carbonyl (C=O) groups is 1. The molecule has 0 aliphatic rings. The SMILES string of the molecule is CCc1c(N=Nc2cc(N)ccc2SO)c(N=O)n(C)c(=O)c1C(N)=O. The number of amides is 1. The summed E-state index contributed by atoms with van der Waals surface area (Å²) in [5, 5.41) is 10.8. The molecule has 1 heterocycles. The number of nitrogen functional groups attached to an aromatic ring is 1. The van der Waals surface area contributed by atoms with Crippen LogP contribution in [0.15, 0.2) is 43.3 Å². The Morgan fingerprint density at radius 2 is 2.04 bits per heavy atom. The maximum absolute atomic E-state index is 12.3. The summed E-state index contributed by atoms with van der Waals surface area (Å²) >= 11 is 0.449. The highest BCUT2D eigenvalue weighted by Gasteiger charge is 2.23. The van der Waals surface area contributed by atoms with Crippen molar-refractivity contribution in [3.8, 4) is 0 Å². The molecular weight excluding hydrogens is 360 g/mol. The van der Waals surface area contributed by atoms with Crippen LogP contribution in [-0.2, 0) is 13.5 Å². The molecule has 0 aliphatic heterocycles. The van der Waals surface area contributed by atoms with E-state index in [1.165, 1.54) is 13.1 Å². The van der Waals surface area contributed by atoms with Crippen molar-refractivity contribution in [3.63, 3.8) is 0 Å². The molecule has 0 saturated heterocycles. The van der Waals surface area contributed by atoms with E-state index in [2.05, 4.69) is 15.4 Å². The van der Waals surface area contributed by atoms with Crippen LogP contribution in [0, 0.1) is 4.91 Å². The topological polar surface area (TPSA) is 165 Å². The highest BCUT2D eigenvalue weighted by atomic mass is 32.2. The van der Waals surface area contributed by atoms with Crippen molar-refractivity contribution in [1.29, 1.82) is 0 Å². The molecule has 136 valence electrons. The Morgan fingerprint density at radius 3 is 2.58 bits per heavy atom. The smallest absolute Gasteiger partial charge is 0.265 e. The Bertz CT molecular complexity index is 970. The molecule has 1 aromatic heterocycles. The van der Waals surface area contributed by atoms with Crippen LogP contribution in [0.1, 0.15) is 22.8 Å². The van der Waals surface area contributed by atoms with Gasteiger partial charge in [-0.05, 0) is 29.8 Å². The summed E-state index contributed by atoms with van der Waals surface area (Å²) in [6.07, 6.45) is 0.198. The first-order valence-electron chi connectivity index (χ1n) is 7.37. The number of nitrogens with zero attached hydrogens (tertiary/aromatic N) is 4. The minimum absolute atomic E-state index is 0.0466. The minimum Gasteiger partial charge on any atom is -0.399 e. The molecule has 10 nitrogen and oxygen atoms in total. The molecule has 2 rings (SSSR count). The van der Waals surface area contributed by atoms with Crippen molar-refractivity contribution >= 4 is 40.8 Å². The summed E-state index contributed by atoms with van der Waals surface area (Å²) in [5.41, 5.74) is 10.7. The number of hydrogen-bond acceptors (Lipinski definition) is 9. The molecule has 0 aliphatic carbocycles. The first-order valence-corrected chi connectivity index (χ1v) is 8.14. The number of azo groups is 1. The lowest BCUT2D eigenvalue weighted by atomic mass is 10.0. The van der Waals surface area contributed by atoms with Crippen molar-refractivity contribution < 1.29 is 9.35 Å². The van der Waals surface area contributed by atoms with Crippen molar-refractivity contribution in [3.05, 3.63) is 44.6 Å². The summed E-state index contributed by atoms with van der Waals surface area (Å²) in [5.74, 6) is -1.23.